The highest BCUT2D eigenvalue weighted by Gasteiger charge is 2.34. The van der Waals surface area contributed by atoms with Gasteiger partial charge in [-0.3, -0.25) is 9.59 Å². The Morgan fingerprint density at radius 1 is 1.15 bits per heavy atom. The van der Waals surface area contributed by atoms with E-state index in [0.717, 1.165) is 24.5 Å². The topological polar surface area (TPSA) is 83.8 Å². The van der Waals surface area contributed by atoms with E-state index in [2.05, 4.69) is 15.5 Å². The first-order chi connectivity index (χ1) is 13.2. The number of piperidine rings is 1. The molecule has 4 rings (SSSR count). The Labute approximate surface area is 157 Å². The quantitative estimate of drug-likeness (QED) is 0.808. The van der Waals surface area contributed by atoms with Crippen LogP contribution in [0, 0.1) is 5.92 Å². The van der Waals surface area contributed by atoms with Gasteiger partial charge in [-0.25, -0.2) is 0 Å². The second-order valence-corrected chi connectivity index (χ2v) is 6.85. The number of nitrogens with zero attached hydrogens (tertiary/aromatic N) is 1. The largest absolute Gasteiger partial charge is 0.467 e. The zero-order chi connectivity index (χ0) is 18.6. The Bertz CT molecular complexity index is 799. The number of hydrogen-bond acceptors (Lipinski definition) is 5. The summed E-state index contributed by atoms with van der Waals surface area (Å²) in [5.74, 6) is -0.502. The van der Waals surface area contributed by atoms with Crippen molar-refractivity contribution in [2.45, 2.75) is 18.9 Å². The minimum atomic E-state index is -0.691. The normalized spacial score (nSPS) is 23.0. The van der Waals surface area contributed by atoms with Crippen LogP contribution in [-0.4, -0.2) is 38.1 Å². The third kappa shape index (κ3) is 3.98. The number of benzene rings is 1. The average molecular weight is 369 g/mol. The highest BCUT2D eigenvalue weighted by atomic mass is 16.5. The van der Waals surface area contributed by atoms with Crippen molar-refractivity contribution in [2.75, 3.05) is 36.5 Å². The molecule has 2 amide bonds. The summed E-state index contributed by atoms with van der Waals surface area (Å²) >= 11 is 0. The lowest BCUT2D eigenvalue weighted by molar-refractivity contribution is -0.135. The molecular weight excluding hydrogens is 346 g/mol. The van der Waals surface area contributed by atoms with E-state index in [4.69, 9.17) is 9.15 Å². The van der Waals surface area contributed by atoms with Crippen molar-refractivity contribution in [3.63, 3.8) is 0 Å². The molecule has 27 heavy (non-hydrogen) atoms. The van der Waals surface area contributed by atoms with Gasteiger partial charge in [-0.05, 0) is 43.2 Å². The molecule has 2 N–H and O–H groups in total. The number of hydrogen-bond donors (Lipinski definition) is 2. The Morgan fingerprint density at radius 3 is 2.74 bits per heavy atom. The molecule has 2 fully saturated rings. The monoisotopic (exact) mass is 369 g/mol. The third-order valence-corrected chi connectivity index (χ3v) is 5.07. The maximum atomic E-state index is 12.6. The summed E-state index contributed by atoms with van der Waals surface area (Å²) in [6, 6.07) is 11.2. The van der Waals surface area contributed by atoms with Gasteiger partial charge in [0.25, 0.3) is 0 Å². The van der Waals surface area contributed by atoms with E-state index in [0.29, 0.717) is 31.7 Å². The Hall–Kier alpha value is -2.80. The van der Waals surface area contributed by atoms with Crippen LogP contribution in [0.3, 0.4) is 0 Å². The molecule has 2 saturated heterocycles. The van der Waals surface area contributed by atoms with E-state index >= 15 is 0 Å². The number of amides is 2. The van der Waals surface area contributed by atoms with Crippen LogP contribution in [-0.2, 0) is 14.3 Å². The Balaban J connectivity index is 1.38. The Kier molecular flexibility index (Phi) is 5.11. The molecule has 0 aliphatic carbocycles. The van der Waals surface area contributed by atoms with E-state index in [1.165, 1.54) is 0 Å². The van der Waals surface area contributed by atoms with Crippen LogP contribution in [0.2, 0.25) is 0 Å². The summed E-state index contributed by atoms with van der Waals surface area (Å²) < 4.78 is 10.7. The minimum Gasteiger partial charge on any atom is -0.467 e. The molecule has 142 valence electrons. The fraction of sp³-hybridized carbons (Fsp3) is 0.400. The van der Waals surface area contributed by atoms with E-state index in [9.17, 15) is 9.59 Å². The minimum absolute atomic E-state index is 0.166. The number of rotatable bonds is 4. The first-order valence-corrected chi connectivity index (χ1v) is 9.28. The van der Waals surface area contributed by atoms with Crippen LogP contribution in [0.25, 0.3) is 0 Å². The second kappa shape index (κ2) is 7.84. The molecule has 2 unspecified atom stereocenters. The van der Waals surface area contributed by atoms with Gasteiger partial charge in [0.05, 0.1) is 25.5 Å². The average Bonchev–Trinajstić information content (AvgIpc) is 3.23. The SMILES string of the molecule is O=C(Nc1cccc(N2CCOCC2)c1)C1CCC(c2ccco2)NC1=O. The molecule has 0 radical (unpaired) electrons. The lowest BCUT2D eigenvalue weighted by Gasteiger charge is -2.29. The molecule has 7 heteroatoms. The van der Waals surface area contributed by atoms with E-state index < -0.39 is 5.92 Å². The highest BCUT2D eigenvalue weighted by Crippen LogP contribution is 2.28. The van der Waals surface area contributed by atoms with Crippen molar-refractivity contribution in [3.05, 3.63) is 48.4 Å². The summed E-state index contributed by atoms with van der Waals surface area (Å²) in [6.07, 6.45) is 2.75. The van der Waals surface area contributed by atoms with Gasteiger partial charge in [0, 0.05) is 24.5 Å². The van der Waals surface area contributed by atoms with Crippen LogP contribution in [0.4, 0.5) is 11.4 Å². The lowest BCUT2D eigenvalue weighted by atomic mass is 9.92. The van der Waals surface area contributed by atoms with Gasteiger partial charge in [-0.2, -0.15) is 0 Å². The van der Waals surface area contributed by atoms with Crippen LogP contribution in [0.1, 0.15) is 24.6 Å². The number of furan rings is 1. The second-order valence-electron chi connectivity index (χ2n) is 6.85. The predicted octanol–water partition coefficient (Wildman–Crippen LogP) is 2.32. The van der Waals surface area contributed by atoms with Crippen LogP contribution in [0.5, 0.6) is 0 Å². The number of anilines is 2. The van der Waals surface area contributed by atoms with Gasteiger partial charge in [0.15, 0.2) is 0 Å². The van der Waals surface area contributed by atoms with Crippen LogP contribution in [0.15, 0.2) is 47.1 Å². The van der Waals surface area contributed by atoms with Crippen LogP contribution < -0.4 is 15.5 Å². The zero-order valence-corrected chi connectivity index (χ0v) is 15.0. The number of carbonyl (C=O) groups is 2. The van der Waals surface area contributed by atoms with E-state index in [1.54, 1.807) is 12.3 Å². The van der Waals surface area contributed by atoms with Gasteiger partial charge in [0.1, 0.15) is 11.7 Å². The molecule has 0 saturated carbocycles. The molecule has 7 nitrogen and oxygen atoms in total. The van der Waals surface area contributed by atoms with Crippen molar-refractivity contribution < 1.29 is 18.7 Å². The number of nitrogens with one attached hydrogen (secondary N) is 2. The maximum Gasteiger partial charge on any atom is 0.236 e. The maximum absolute atomic E-state index is 12.6. The van der Waals surface area contributed by atoms with E-state index in [1.807, 2.05) is 30.3 Å². The molecule has 3 heterocycles. The fourth-order valence-corrected chi connectivity index (χ4v) is 3.59. The number of carbonyl (C=O) groups excluding carboxylic acids is 2. The lowest BCUT2D eigenvalue weighted by Crippen LogP contribution is -2.44. The van der Waals surface area contributed by atoms with Gasteiger partial charge in [-0.1, -0.05) is 6.07 Å². The van der Waals surface area contributed by atoms with Crippen molar-refractivity contribution in [3.8, 4) is 0 Å². The highest BCUT2D eigenvalue weighted by molar-refractivity contribution is 6.07. The third-order valence-electron chi connectivity index (χ3n) is 5.07. The summed E-state index contributed by atoms with van der Waals surface area (Å²) in [7, 11) is 0. The molecule has 2 atom stereocenters. The van der Waals surface area contributed by atoms with Crippen molar-refractivity contribution in [1.82, 2.24) is 5.32 Å². The van der Waals surface area contributed by atoms with Gasteiger partial charge in [-0.15, -0.1) is 0 Å². The molecule has 2 aromatic rings. The first-order valence-electron chi connectivity index (χ1n) is 9.28. The summed E-state index contributed by atoms with van der Waals surface area (Å²) in [5.41, 5.74) is 1.74. The van der Waals surface area contributed by atoms with Crippen molar-refractivity contribution in [2.24, 2.45) is 5.92 Å². The molecule has 2 aliphatic rings. The van der Waals surface area contributed by atoms with Gasteiger partial charge >= 0.3 is 0 Å². The predicted molar refractivity (Wildman–Crippen MR) is 100 cm³/mol. The fourth-order valence-electron chi connectivity index (χ4n) is 3.59. The van der Waals surface area contributed by atoms with Gasteiger partial charge < -0.3 is 24.7 Å². The number of ether oxygens (including phenoxy) is 1. The number of morpholine rings is 1. The van der Waals surface area contributed by atoms with E-state index in [-0.39, 0.29) is 17.9 Å². The molecule has 1 aromatic carbocycles. The first kappa shape index (κ1) is 17.6. The van der Waals surface area contributed by atoms with Gasteiger partial charge in [0.2, 0.25) is 11.8 Å². The summed E-state index contributed by atoms with van der Waals surface area (Å²) in [6.45, 7) is 3.07. The summed E-state index contributed by atoms with van der Waals surface area (Å²) in [5, 5.41) is 5.77. The molecule has 0 spiro atoms. The molecule has 1 aromatic heterocycles. The summed E-state index contributed by atoms with van der Waals surface area (Å²) in [4.78, 5) is 27.3. The molecule has 2 aliphatic heterocycles. The Morgan fingerprint density at radius 2 is 2.00 bits per heavy atom. The molecule has 0 bridgehead atoms. The van der Waals surface area contributed by atoms with Crippen molar-refractivity contribution in [1.29, 1.82) is 0 Å². The smallest absolute Gasteiger partial charge is 0.236 e. The van der Waals surface area contributed by atoms with Crippen molar-refractivity contribution >= 4 is 23.2 Å². The zero-order valence-electron chi connectivity index (χ0n) is 15.0. The van der Waals surface area contributed by atoms with Crippen LogP contribution >= 0.6 is 0 Å². The standard InChI is InChI=1S/C20H23N3O4/c24-19(16-6-7-17(22-20(16)25)18-5-2-10-27-18)21-14-3-1-4-15(13-14)23-8-11-26-12-9-23/h1-5,10,13,16-17H,6-9,11-12H2,(H,21,24)(H,22,25). The molecular formula is C20H23N3O4.